The second-order valence-electron chi connectivity index (χ2n) is 8.51. The lowest BCUT2D eigenvalue weighted by Gasteiger charge is -2.31. The number of benzene rings is 2. The summed E-state index contributed by atoms with van der Waals surface area (Å²) in [6, 6.07) is 13.5. The van der Waals surface area contributed by atoms with E-state index in [2.05, 4.69) is 33.0 Å². The molecule has 154 valence electrons. The molecule has 29 heavy (non-hydrogen) atoms. The standard InChI is InChI=1S/C24H30N2O3/c1-5-6-12-25-23(28)18-9-7-8-17(13-18)15-26-20-14-19(24(2,3)4)10-11-21(20)29-16-22(26)27/h7-11,13-14H,5-6,12,15-16H2,1-4H3,(H,25,28). The Labute approximate surface area is 173 Å². The summed E-state index contributed by atoms with van der Waals surface area (Å²) in [6.07, 6.45) is 2.00. The molecule has 0 bridgehead atoms. The molecule has 5 heteroatoms. The molecule has 2 aromatic rings. The molecule has 0 saturated heterocycles. The summed E-state index contributed by atoms with van der Waals surface area (Å²) in [7, 11) is 0. The van der Waals surface area contributed by atoms with Crippen LogP contribution < -0.4 is 15.0 Å². The van der Waals surface area contributed by atoms with Crippen molar-refractivity contribution < 1.29 is 14.3 Å². The predicted octanol–water partition coefficient (Wildman–Crippen LogP) is 4.44. The van der Waals surface area contributed by atoms with Crippen LogP contribution in [0, 0.1) is 0 Å². The molecule has 1 aliphatic rings. The third-order valence-electron chi connectivity index (χ3n) is 5.11. The topological polar surface area (TPSA) is 58.6 Å². The van der Waals surface area contributed by atoms with Gasteiger partial charge in [0.25, 0.3) is 11.8 Å². The zero-order valence-electron chi connectivity index (χ0n) is 17.7. The average molecular weight is 395 g/mol. The lowest BCUT2D eigenvalue weighted by Crippen LogP contribution is -2.38. The van der Waals surface area contributed by atoms with Gasteiger partial charge in [-0.3, -0.25) is 9.59 Å². The summed E-state index contributed by atoms with van der Waals surface area (Å²) in [5, 5.41) is 2.94. The van der Waals surface area contributed by atoms with Crippen LogP contribution in [0.5, 0.6) is 5.75 Å². The van der Waals surface area contributed by atoms with Crippen LogP contribution in [0.3, 0.4) is 0 Å². The van der Waals surface area contributed by atoms with Gasteiger partial charge in [0.15, 0.2) is 6.61 Å². The highest BCUT2D eigenvalue weighted by Gasteiger charge is 2.27. The maximum absolute atomic E-state index is 12.6. The molecule has 5 nitrogen and oxygen atoms in total. The largest absolute Gasteiger partial charge is 0.482 e. The number of hydrogen-bond donors (Lipinski definition) is 1. The van der Waals surface area contributed by atoms with Gasteiger partial charge in [-0.05, 0) is 47.2 Å². The molecule has 1 aliphatic heterocycles. The highest BCUT2D eigenvalue weighted by molar-refractivity contribution is 5.98. The number of ether oxygens (including phenoxy) is 1. The Kier molecular flexibility index (Phi) is 6.26. The number of carbonyl (C=O) groups is 2. The van der Waals surface area contributed by atoms with Crippen LogP contribution in [0.25, 0.3) is 0 Å². The Balaban J connectivity index is 1.84. The van der Waals surface area contributed by atoms with E-state index in [4.69, 9.17) is 4.74 Å². The summed E-state index contributed by atoms with van der Waals surface area (Å²) >= 11 is 0. The molecule has 1 N–H and O–H groups in total. The minimum absolute atomic E-state index is 0.0268. The van der Waals surface area contributed by atoms with Crippen molar-refractivity contribution in [3.63, 3.8) is 0 Å². The average Bonchev–Trinajstić information content (AvgIpc) is 2.69. The molecular weight excluding hydrogens is 364 g/mol. The number of nitrogens with one attached hydrogen (secondary N) is 1. The first-order valence-corrected chi connectivity index (χ1v) is 10.2. The first-order chi connectivity index (χ1) is 13.8. The van der Waals surface area contributed by atoms with Gasteiger partial charge in [-0.1, -0.05) is 52.3 Å². The molecule has 0 atom stereocenters. The number of hydrogen-bond acceptors (Lipinski definition) is 3. The molecule has 2 amide bonds. The first-order valence-electron chi connectivity index (χ1n) is 10.2. The van der Waals surface area contributed by atoms with Gasteiger partial charge >= 0.3 is 0 Å². The molecule has 0 aliphatic carbocycles. The van der Waals surface area contributed by atoms with Crippen LogP contribution in [0.4, 0.5) is 5.69 Å². The second kappa shape index (κ2) is 8.68. The second-order valence-corrected chi connectivity index (χ2v) is 8.51. The lowest BCUT2D eigenvalue weighted by molar-refractivity contribution is -0.121. The van der Waals surface area contributed by atoms with Crippen molar-refractivity contribution in [2.24, 2.45) is 0 Å². The molecule has 2 aromatic carbocycles. The van der Waals surface area contributed by atoms with Crippen molar-refractivity contribution in [2.45, 2.75) is 52.5 Å². The van der Waals surface area contributed by atoms with Gasteiger partial charge < -0.3 is 15.0 Å². The van der Waals surface area contributed by atoms with E-state index in [1.54, 1.807) is 11.0 Å². The predicted molar refractivity (Wildman–Crippen MR) is 116 cm³/mol. The zero-order valence-corrected chi connectivity index (χ0v) is 17.7. The van der Waals surface area contributed by atoms with E-state index >= 15 is 0 Å². The smallest absolute Gasteiger partial charge is 0.265 e. The number of fused-ring (bicyclic) bond motifs is 1. The highest BCUT2D eigenvalue weighted by atomic mass is 16.5. The molecule has 0 fully saturated rings. The molecular formula is C24H30N2O3. The Morgan fingerprint density at radius 3 is 2.69 bits per heavy atom. The number of amides is 2. The third kappa shape index (κ3) is 4.97. The fourth-order valence-electron chi connectivity index (χ4n) is 3.32. The Morgan fingerprint density at radius 2 is 1.97 bits per heavy atom. The van der Waals surface area contributed by atoms with E-state index in [9.17, 15) is 9.59 Å². The Morgan fingerprint density at radius 1 is 1.17 bits per heavy atom. The van der Waals surface area contributed by atoms with Gasteiger partial charge in [-0.2, -0.15) is 0 Å². The van der Waals surface area contributed by atoms with Crippen LogP contribution >= 0.6 is 0 Å². The zero-order chi connectivity index (χ0) is 21.0. The normalized spacial score (nSPS) is 13.7. The lowest BCUT2D eigenvalue weighted by atomic mass is 9.86. The van der Waals surface area contributed by atoms with E-state index in [0.717, 1.165) is 29.7 Å². The van der Waals surface area contributed by atoms with Gasteiger partial charge in [0.1, 0.15) is 5.75 Å². The van der Waals surface area contributed by atoms with Gasteiger partial charge in [0, 0.05) is 12.1 Å². The molecule has 0 aromatic heterocycles. The number of anilines is 1. The van der Waals surface area contributed by atoms with Crippen molar-refractivity contribution in [3.05, 3.63) is 59.2 Å². The Hall–Kier alpha value is -2.82. The molecule has 0 unspecified atom stereocenters. The highest BCUT2D eigenvalue weighted by Crippen LogP contribution is 2.37. The summed E-state index contributed by atoms with van der Waals surface area (Å²) in [5.41, 5.74) is 3.42. The summed E-state index contributed by atoms with van der Waals surface area (Å²) in [4.78, 5) is 26.8. The minimum Gasteiger partial charge on any atom is -0.482 e. The first kappa shape index (κ1) is 20.9. The van der Waals surface area contributed by atoms with Crippen molar-refractivity contribution >= 4 is 17.5 Å². The molecule has 0 radical (unpaired) electrons. The van der Waals surface area contributed by atoms with Gasteiger partial charge in [0.05, 0.1) is 12.2 Å². The minimum atomic E-state index is -0.0821. The van der Waals surface area contributed by atoms with Crippen LogP contribution in [-0.4, -0.2) is 25.0 Å². The fraction of sp³-hybridized carbons (Fsp3) is 0.417. The summed E-state index contributed by atoms with van der Waals surface area (Å²) < 4.78 is 5.63. The van der Waals surface area contributed by atoms with Crippen molar-refractivity contribution in [1.82, 2.24) is 5.32 Å². The molecule has 0 saturated carbocycles. The number of unbranched alkanes of at least 4 members (excludes halogenated alkanes) is 1. The Bertz CT molecular complexity index is 899. The monoisotopic (exact) mass is 394 g/mol. The van der Waals surface area contributed by atoms with Crippen LogP contribution in [0.1, 0.15) is 62.0 Å². The van der Waals surface area contributed by atoms with Crippen molar-refractivity contribution in [1.29, 1.82) is 0 Å². The number of rotatable bonds is 6. The van der Waals surface area contributed by atoms with Gasteiger partial charge in [-0.15, -0.1) is 0 Å². The van der Waals surface area contributed by atoms with E-state index in [-0.39, 0.29) is 23.8 Å². The fourth-order valence-corrected chi connectivity index (χ4v) is 3.32. The molecule has 3 rings (SSSR count). The maximum atomic E-state index is 12.6. The number of carbonyl (C=O) groups excluding carboxylic acids is 2. The van der Waals surface area contributed by atoms with Crippen LogP contribution in [0.2, 0.25) is 0 Å². The van der Waals surface area contributed by atoms with E-state index in [1.807, 2.05) is 36.4 Å². The third-order valence-corrected chi connectivity index (χ3v) is 5.11. The molecule has 1 heterocycles. The number of nitrogens with zero attached hydrogens (tertiary/aromatic N) is 1. The maximum Gasteiger partial charge on any atom is 0.265 e. The van der Waals surface area contributed by atoms with Crippen LogP contribution in [-0.2, 0) is 16.8 Å². The van der Waals surface area contributed by atoms with Gasteiger partial charge in [-0.25, -0.2) is 0 Å². The van der Waals surface area contributed by atoms with Crippen LogP contribution in [0.15, 0.2) is 42.5 Å². The van der Waals surface area contributed by atoms with Crippen molar-refractivity contribution in [2.75, 3.05) is 18.1 Å². The van der Waals surface area contributed by atoms with Gasteiger partial charge in [0.2, 0.25) is 0 Å². The van der Waals surface area contributed by atoms with E-state index in [1.165, 1.54) is 0 Å². The van der Waals surface area contributed by atoms with E-state index < -0.39 is 0 Å². The quantitative estimate of drug-likeness (QED) is 0.737. The van der Waals surface area contributed by atoms with E-state index in [0.29, 0.717) is 24.4 Å². The summed E-state index contributed by atoms with van der Waals surface area (Å²) in [5.74, 6) is 0.552. The SMILES string of the molecule is CCCCNC(=O)c1cccc(CN2C(=O)COc3ccc(C(C)(C)C)cc32)c1. The van der Waals surface area contributed by atoms with Crippen molar-refractivity contribution in [3.8, 4) is 5.75 Å². The summed E-state index contributed by atoms with van der Waals surface area (Å²) in [6.45, 7) is 9.62. The molecule has 0 spiro atoms.